The molecule has 5 nitrogen and oxygen atoms in total. The van der Waals surface area contributed by atoms with Crippen LogP contribution in [0.3, 0.4) is 0 Å². The second-order valence-corrected chi connectivity index (χ2v) is 7.54. The molecule has 2 saturated carbocycles. The molecule has 0 bridgehead atoms. The molecule has 5 heteroatoms. The largest absolute Gasteiger partial charge is 0.493 e. The lowest BCUT2D eigenvalue weighted by atomic mass is 10.1. The van der Waals surface area contributed by atoms with Crippen molar-refractivity contribution < 1.29 is 14.3 Å². The van der Waals surface area contributed by atoms with Gasteiger partial charge in [-0.05, 0) is 50.5 Å². The van der Waals surface area contributed by atoms with Crippen LogP contribution in [0.15, 0.2) is 24.3 Å². The highest BCUT2D eigenvalue weighted by Crippen LogP contribution is 2.34. The summed E-state index contributed by atoms with van der Waals surface area (Å²) in [6.45, 7) is 1.92. The maximum atomic E-state index is 12.6. The number of nitrogens with zero attached hydrogens (tertiary/aromatic N) is 1. The summed E-state index contributed by atoms with van der Waals surface area (Å²) in [5, 5.41) is 3.02. The third-order valence-electron chi connectivity index (χ3n) is 5.36. The Morgan fingerprint density at radius 1 is 1.12 bits per heavy atom. The van der Waals surface area contributed by atoms with E-state index in [0.717, 1.165) is 43.6 Å². The van der Waals surface area contributed by atoms with Crippen LogP contribution in [0.4, 0.5) is 0 Å². The summed E-state index contributed by atoms with van der Waals surface area (Å²) in [4.78, 5) is 26.7. The molecule has 2 aliphatic carbocycles. The van der Waals surface area contributed by atoms with Gasteiger partial charge in [-0.2, -0.15) is 0 Å². The summed E-state index contributed by atoms with van der Waals surface area (Å²) >= 11 is 0. The fourth-order valence-electron chi connectivity index (χ4n) is 3.45. The molecule has 2 amide bonds. The van der Waals surface area contributed by atoms with Crippen LogP contribution in [0, 0.1) is 11.8 Å². The highest BCUT2D eigenvalue weighted by molar-refractivity contribution is 5.90. The molecule has 0 unspecified atom stereocenters. The van der Waals surface area contributed by atoms with E-state index in [0.29, 0.717) is 19.0 Å². The molecule has 0 spiro atoms. The van der Waals surface area contributed by atoms with Crippen molar-refractivity contribution in [2.75, 3.05) is 13.2 Å². The predicted octanol–water partition coefficient (Wildman–Crippen LogP) is 2.49. The zero-order valence-corrected chi connectivity index (χ0v) is 14.6. The molecule has 1 aromatic carbocycles. The molecule has 134 valence electrons. The molecule has 1 saturated heterocycles. The third kappa shape index (κ3) is 3.97. The van der Waals surface area contributed by atoms with Crippen LogP contribution in [0.5, 0.6) is 5.75 Å². The average Bonchev–Trinajstić information content (AvgIpc) is 3.56. The first-order chi connectivity index (χ1) is 12.2. The molecule has 3 fully saturated rings. The Labute approximate surface area is 148 Å². The van der Waals surface area contributed by atoms with E-state index in [1.807, 2.05) is 24.3 Å². The Hall–Kier alpha value is -2.04. The fourth-order valence-corrected chi connectivity index (χ4v) is 3.45. The average molecular weight is 342 g/mol. The van der Waals surface area contributed by atoms with Crippen LogP contribution >= 0.6 is 0 Å². The van der Waals surface area contributed by atoms with Crippen molar-refractivity contribution >= 4 is 11.8 Å². The van der Waals surface area contributed by atoms with Crippen LogP contribution < -0.4 is 10.1 Å². The summed E-state index contributed by atoms with van der Waals surface area (Å²) in [5.74, 6) is 1.86. The second-order valence-electron chi connectivity index (χ2n) is 7.54. The number of hydrogen-bond acceptors (Lipinski definition) is 3. The van der Waals surface area contributed by atoms with E-state index < -0.39 is 0 Å². The number of para-hydroxylation sites is 1. The first-order valence-corrected chi connectivity index (χ1v) is 9.51. The maximum absolute atomic E-state index is 12.6. The third-order valence-corrected chi connectivity index (χ3v) is 5.36. The van der Waals surface area contributed by atoms with E-state index in [9.17, 15) is 9.59 Å². The van der Waals surface area contributed by atoms with Gasteiger partial charge in [0, 0.05) is 24.6 Å². The molecular formula is C20H26N2O3. The lowest BCUT2D eigenvalue weighted by molar-refractivity contribution is -0.139. The number of benzene rings is 1. The highest BCUT2D eigenvalue weighted by atomic mass is 16.5. The van der Waals surface area contributed by atoms with Crippen LogP contribution in [0.25, 0.3) is 0 Å². The summed E-state index contributed by atoms with van der Waals surface area (Å²) < 4.78 is 5.90. The van der Waals surface area contributed by atoms with Gasteiger partial charge in [-0.25, -0.2) is 0 Å². The molecular weight excluding hydrogens is 316 g/mol. The first kappa shape index (κ1) is 16.4. The standard InChI is InChI=1S/C20H26N2O3/c23-19(17-5-3-11-22(17)20(24)15-9-10-15)21-12-16-4-1-2-6-18(16)25-13-14-7-8-14/h1-2,4,6,14-15,17H,3,5,7-13H2,(H,21,23)/t17-/m1/s1. The van der Waals surface area contributed by atoms with E-state index in [-0.39, 0.29) is 23.8 Å². The number of carbonyl (C=O) groups is 2. The van der Waals surface area contributed by atoms with Gasteiger partial charge in [0.1, 0.15) is 11.8 Å². The van der Waals surface area contributed by atoms with Crippen molar-refractivity contribution in [2.24, 2.45) is 11.8 Å². The van der Waals surface area contributed by atoms with E-state index in [1.54, 1.807) is 4.90 Å². The van der Waals surface area contributed by atoms with Gasteiger partial charge in [0.25, 0.3) is 0 Å². The second kappa shape index (κ2) is 7.06. The van der Waals surface area contributed by atoms with Crippen LogP contribution in [0.1, 0.15) is 44.1 Å². The Morgan fingerprint density at radius 3 is 2.68 bits per heavy atom. The Bertz CT molecular complexity index is 652. The summed E-state index contributed by atoms with van der Waals surface area (Å²) in [5.41, 5.74) is 0.995. The summed E-state index contributed by atoms with van der Waals surface area (Å²) in [6.07, 6.45) is 6.16. The van der Waals surface area contributed by atoms with Crippen LogP contribution in [0.2, 0.25) is 0 Å². The van der Waals surface area contributed by atoms with Gasteiger partial charge in [-0.15, -0.1) is 0 Å². The van der Waals surface area contributed by atoms with Gasteiger partial charge in [0.05, 0.1) is 6.61 Å². The van der Waals surface area contributed by atoms with Gasteiger partial charge in [-0.1, -0.05) is 18.2 Å². The Morgan fingerprint density at radius 2 is 1.92 bits per heavy atom. The molecule has 1 N–H and O–H groups in total. The minimum absolute atomic E-state index is 0.0384. The van der Waals surface area contributed by atoms with E-state index in [1.165, 1.54) is 12.8 Å². The number of amides is 2. The van der Waals surface area contributed by atoms with Crippen molar-refractivity contribution in [1.29, 1.82) is 0 Å². The zero-order valence-electron chi connectivity index (χ0n) is 14.6. The molecule has 4 rings (SSSR count). The molecule has 1 aromatic rings. The van der Waals surface area contributed by atoms with Gasteiger partial charge < -0.3 is 15.0 Å². The maximum Gasteiger partial charge on any atom is 0.243 e. The van der Waals surface area contributed by atoms with E-state index in [4.69, 9.17) is 4.74 Å². The minimum Gasteiger partial charge on any atom is -0.493 e. The first-order valence-electron chi connectivity index (χ1n) is 9.51. The van der Waals surface area contributed by atoms with Crippen molar-refractivity contribution in [2.45, 2.75) is 51.1 Å². The van der Waals surface area contributed by atoms with Crippen molar-refractivity contribution in [3.8, 4) is 5.75 Å². The molecule has 0 aromatic heterocycles. The minimum atomic E-state index is -0.298. The highest BCUT2D eigenvalue weighted by Gasteiger charge is 2.40. The molecule has 1 atom stereocenters. The number of carbonyl (C=O) groups excluding carboxylic acids is 2. The summed E-state index contributed by atoms with van der Waals surface area (Å²) in [7, 11) is 0. The van der Waals surface area contributed by atoms with Gasteiger partial charge in [-0.3, -0.25) is 9.59 Å². The number of nitrogens with one attached hydrogen (secondary N) is 1. The molecule has 1 aliphatic heterocycles. The smallest absolute Gasteiger partial charge is 0.243 e. The Balaban J connectivity index is 1.34. The van der Waals surface area contributed by atoms with Crippen molar-refractivity contribution in [3.05, 3.63) is 29.8 Å². The fraction of sp³-hybridized carbons (Fsp3) is 0.600. The SMILES string of the molecule is O=C(NCc1ccccc1OCC1CC1)[C@H]1CCCN1C(=O)C1CC1. The van der Waals surface area contributed by atoms with Crippen molar-refractivity contribution in [1.82, 2.24) is 10.2 Å². The lowest BCUT2D eigenvalue weighted by Crippen LogP contribution is -2.46. The number of hydrogen-bond donors (Lipinski definition) is 1. The van der Waals surface area contributed by atoms with Crippen LogP contribution in [-0.4, -0.2) is 35.9 Å². The summed E-state index contributed by atoms with van der Waals surface area (Å²) in [6, 6.07) is 7.57. The number of rotatable bonds is 7. The van der Waals surface area contributed by atoms with Crippen LogP contribution in [-0.2, 0) is 16.1 Å². The van der Waals surface area contributed by atoms with Gasteiger partial charge >= 0.3 is 0 Å². The number of ether oxygens (including phenoxy) is 1. The Kier molecular flexibility index (Phi) is 4.64. The molecule has 25 heavy (non-hydrogen) atoms. The normalized spacial score (nSPS) is 22.7. The monoisotopic (exact) mass is 342 g/mol. The molecule has 0 radical (unpaired) electrons. The number of likely N-dealkylation sites (tertiary alicyclic amines) is 1. The van der Waals surface area contributed by atoms with Crippen molar-refractivity contribution in [3.63, 3.8) is 0 Å². The molecule has 3 aliphatic rings. The lowest BCUT2D eigenvalue weighted by Gasteiger charge is -2.24. The van der Waals surface area contributed by atoms with E-state index in [2.05, 4.69) is 5.32 Å². The van der Waals surface area contributed by atoms with Gasteiger partial charge in [0.15, 0.2) is 0 Å². The van der Waals surface area contributed by atoms with E-state index >= 15 is 0 Å². The molecule has 1 heterocycles. The zero-order chi connectivity index (χ0) is 17.2. The topological polar surface area (TPSA) is 58.6 Å². The quantitative estimate of drug-likeness (QED) is 0.828. The predicted molar refractivity (Wildman–Crippen MR) is 94.0 cm³/mol. The van der Waals surface area contributed by atoms with Gasteiger partial charge in [0.2, 0.25) is 11.8 Å².